The molecule has 0 radical (unpaired) electrons. The van der Waals surface area contributed by atoms with E-state index in [1.807, 2.05) is 6.92 Å². The molecule has 0 aromatic heterocycles. The van der Waals surface area contributed by atoms with Crippen molar-refractivity contribution < 1.29 is 14.3 Å². The molecular formula is C23H42O3. The second-order valence-electron chi connectivity index (χ2n) is 8.56. The van der Waals surface area contributed by atoms with Crippen LogP contribution in [0.1, 0.15) is 110 Å². The molecule has 0 spiro atoms. The molecule has 0 aliphatic heterocycles. The second kappa shape index (κ2) is 12.8. The summed E-state index contributed by atoms with van der Waals surface area (Å²) in [6.07, 6.45) is 19.1. The van der Waals surface area contributed by atoms with Crippen LogP contribution in [0.2, 0.25) is 0 Å². The molecule has 2 aliphatic rings. The van der Waals surface area contributed by atoms with E-state index in [0.717, 1.165) is 31.3 Å². The van der Waals surface area contributed by atoms with Crippen LogP contribution in [0, 0.1) is 11.8 Å². The topological polar surface area (TPSA) is 35.5 Å². The number of hydrogen-bond acceptors (Lipinski definition) is 3. The Hall–Kier alpha value is -0.570. The Morgan fingerprint density at radius 2 is 1.27 bits per heavy atom. The van der Waals surface area contributed by atoms with E-state index in [9.17, 15) is 4.79 Å². The summed E-state index contributed by atoms with van der Waals surface area (Å²) < 4.78 is 11.7. The first-order valence-corrected chi connectivity index (χ1v) is 11.5. The maximum Gasteiger partial charge on any atom is 0.305 e. The van der Waals surface area contributed by atoms with Gasteiger partial charge in [-0.05, 0) is 69.6 Å². The SMILES string of the molecule is CCCCCCCCOC1CCC(C2CCC(OC(=O)CC)CC2)CC1. The van der Waals surface area contributed by atoms with Gasteiger partial charge in [0.15, 0.2) is 0 Å². The van der Waals surface area contributed by atoms with Crippen molar-refractivity contribution >= 4 is 5.97 Å². The van der Waals surface area contributed by atoms with Gasteiger partial charge in [-0.1, -0.05) is 46.0 Å². The number of hydrogen-bond donors (Lipinski definition) is 0. The molecule has 0 atom stereocenters. The lowest BCUT2D eigenvalue weighted by Crippen LogP contribution is -2.31. The molecule has 0 saturated heterocycles. The smallest absolute Gasteiger partial charge is 0.305 e. The predicted molar refractivity (Wildman–Crippen MR) is 107 cm³/mol. The van der Waals surface area contributed by atoms with E-state index in [4.69, 9.17) is 9.47 Å². The third-order valence-corrected chi connectivity index (χ3v) is 6.54. The van der Waals surface area contributed by atoms with E-state index in [1.54, 1.807) is 0 Å². The van der Waals surface area contributed by atoms with Crippen molar-refractivity contribution in [3.63, 3.8) is 0 Å². The minimum Gasteiger partial charge on any atom is -0.462 e. The quantitative estimate of drug-likeness (QED) is 0.312. The maximum absolute atomic E-state index is 11.4. The monoisotopic (exact) mass is 366 g/mol. The van der Waals surface area contributed by atoms with E-state index in [1.165, 1.54) is 77.0 Å². The normalized spacial score (nSPS) is 29.5. The molecule has 0 bridgehead atoms. The average molecular weight is 367 g/mol. The molecule has 0 aromatic carbocycles. The summed E-state index contributed by atoms with van der Waals surface area (Å²) in [5.41, 5.74) is 0. The van der Waals surface area contributed by atoms with Gasteiger partial charge in [-0.3, -0.25) is 4.79 Å². The Labute approximate surface area is 161 Å². The summed E-state index contributed by atoms with van der Waals surface area (Å²) in [7, 11) is 0. The third kappa shape index (κ3) is 7.98. The Kier molecular flexibility index (Phi) is 10.7. The van der Waals surface area contributed by atoms with Gasteiger partial charge in [0.2, 0.25) is 0 Å². The van der Waals surface area contributed by atoms with Crippen molar-refractivity contribution in [1.29, 1.82) is 0 Å². The van der Waals surface area contributed by atoms with Crippen LogP contribution in [-0.4, -0.2) is 24.8 Å². The first kappa shape index (κ1) is 21.7. The second-order valence-corrected chi connectivity index (χ2v) is 8.56. The molecule has 26 heavy (non-hydrogen) atoms. The fourth-order valence-electron chi connectivity index (χ4n) is 4.81. The van der Waals surface area contributed by atoms with Gasteiger partial charge in [0.25, 0.3) is 0 Å². The zero-order chi connectivity index (χ0) is 18.6. The highest BCUT2D eigenvalue weighted by molar-refractivity contribution is 5.69. The number of carbonyl (C=O) groups is 1. The Bertz CT molecular complexity index is 366. The summed E-state index contributed by atoms with van der Waals surface area (Å²) in [4.78, 5) is 11.4. The van der Waals surface area contributed by atoms with E-state index in [0.29, 0.717) is 12.5 Å². The number of carbonyl (C=O) groups excluding carboxylic acids is 1. The fraction of sp³-hybridized carbons (Fsp3) is 0.957. The van der Waals surface area contributed by atoms with Crippen LogP contribution in [0.3, 0.4) is 0 Å². The molecular weight excluding hydrogens is 324 g/mol. The molecule has 3 nitrogen and oxygen atoms in total. The fourth-order valence-corrected chi connectivity index (χ4v) is 4.81. The van der Waals surface area contributed by atoms with Crippen molar-refractivity contribution in [1.82, 2.24) is 0 Å². The van der Waals surface area contributed by atoms with Crippen LogP contribution in [0.4, 0.5) is 0 Å². The van der Waals surface area contributed by atoms with E-state index >= 15 is 0 Å². The van der Waals surface area contributed by atoms with Gasteiger partial charge in [-0.15, -0.1) is 0 Å². The zero-order valence-electron chi connectivity index (χ0n) is 17.3. The zero-order valence-corrected chi connectivity index (χ0v) is 17.3. The molecule has 0 heterocycles. The molecule has 152 valence electrons. The number of rotatable bonds is 11. The van der Waals surface area contributed by atoms with Gasteiger partial charge in [-0.2, -0.15) is 0 Å². The van der Waals surface area contributed by atoms with Crippen LogP contribution in [-0.2, 0) is 14.3 Å². The van der Waals surface area contributed by atoms with E-state index in [-0.39, 0.29) is 12.1 Å². The summed E-state index contributed by atoms with van der Waals surface area (Å²) in [5.74, 6) is 1.70. The molecule has 2 aliphatic carbocycles. The van der Waals surface area contributed by atoms with Gasteiger partial charge >= 0.3 is 5.97 Å². The molecule has 0 amide bonds. The van der Waals surface area contributed by atoms with Crippen LogP contribution in [0.5, 0.6) is 0 Å². The first-order valence-electron chi connectivity index (χ1n) is 11.5. The highest BCUT2D eigenvalue weighted by Gasteiger charge is 2.32. The lowest BCUT2D eigenvalue weighted by atomic mass is 9.72. The molecule has 0 aromatic rings. The minimum atomic E-state index is -0.0310. The number of esters is 1. The first-order chi connectivity index (χ1) is 12.7. The Balaban J connectivity index is 1.51. The number of ether oxygens (including phenoxy) is 2. The van der Waals surface area contributed by atoms with E-state index in [2.05, 4.69) is 6.92 Å². The molecule has 2 rings (SSSR count). The summed E-state index contributed by atoms with van der Waals surface area (Å²) in [6.45, 7) is 5.11. The Morgan fingerprint density at radius 1 is 0.731 bits per heavy atom. The van der Waals surface area contributed by atoms with Crippen LogP contribution >= 0.6 is 0 Å². The number of unbranched alkanes of at least 4 members (excludes halogenated alkanes) is 5. The Morgan fingerprint density at radius 3 is 1.85 bits per heavy atom. The van der Waals surface area contributed by atoms with Crippen molar-refractivity contribution in [2.24, 2.45) is 11.8 Å². The van der Waals surface area contributed by atoms with Crippen molar-refractivity contribution in [3.05, 3.63) is 0 Å². The maximum atomic E-state index is 11.4. The van der Waals surface area contributed by atoms with Crippen LogP contribution in [0.25, 0.3) is 0 Å². The highest BCUT2D eigenvalue weighted by Crippen LogP contribution is 2.39. The van der Waals surface area contributed by atoms with Gasteiger partial charge in [0.1, 0.15) is 6.10 Å². The molecule has 2 fully saturated rings. The molecule has 3 heteroatoms. The van der Waals surface area contributed by atoms with Gasteiger partial charge in [0, 0.05) is 13.0 Å². The standard InChI is InChI=1S/C23H42O3/c1-3-5-6-7-8-9-18-25-21-14-10-19(11-15-21)20-12-16-22(17-13-20)26-23(24)4-2/h19-22H,3-18H2,1-2H3. The largest absolute Gasteiger partial charge is 0.462 e. The van der Waals surface area contributed by atoms with Crippen LogP contribution in [0.15, 0.2) is 0 Å². The van der Waals surface area contributed by atoms with Gasteiger partial charge in [0.05, 0.1) is 6.10 Å². The van der Waals surface area contributed by atoms with E-state index < -0.39 is 0 Å². The van der Waals surface area contributed by atoms with Crippen molar-refractivity contribution in [3.8, 4) is 0 Å². The third-order valence-electron chi connectivity index (χ3n) is 6.54. The van der Waals surface area contributed by atoms with Gasteiger partial charge in [-0.25, -0.2) is 0 Å². The average Bonchev–Trinajstić information content (AvgIpc) is 2.68. The minimum absolute atomic E-state index is 0.0310. The molecule has 2 saturated carbocycles. The molecule has 0 N–H and O–H groups in total. The summed E-state index contributed by atoms with van der Waals surface area (Å²) in [5, 5.41) is 0. The predicted octanol–water partition coefficient (Wildman–Crippen LogP) is 6.43. The highest BCUT2D eigenvalue weighted by atomic mass is 16.5. The lowest BCUT2D eigenvalue weighted by molar-refractivity contribution is -0.150. The van der Waals surface area contributed by atoms with Crippen molar-refractivity contribution in [2.75, 3.05) is 6.61 Å². The van der Waals surface area contributed by atoms with Crippen LogP contribution < -0.4 is 0 Å². The summed E-state index contributed by atoms with van der Waals surface area (Å²) >= 11 is 0. The summed E-state index contributed by atoms with van der Waals surface area (Å²) in [6, 6.07) is 0. The van der Waals surface area contributed by atoms with Gasteiger partial charge < -0.3 is 9.47 Å². The van der Waals surface area contributed by atoms with Crippen molar-refractivity contribution in [2.45, 2.75) is 122 Å². The lowest BCUT2D eigenvalue weighted by Gasteiger charge is -2.37. The molecule has 0 unspecified atom stereocenters.